The zero-order chi connectivity index (χ0) is 16.3. The smallest absolute Gasteiger partial charge is 0.281 e. The first kappa shape index (κ1) is 15.9. The van der Waals surface area contributed by atoms with Crippen LogP contribution in [0.3, 0.4) is 0 Å². The van der Waals surface area contributed by atoms with Gasteiger partial charge in [-0.05, 0) is 29.8 Å². The summed E-state index contributed by atoms with van der Waals surface area (Å²) in [7, 11) is 0. The molecule has 0 radical (unpaired) electrons. The van der Waals surface area contributed by atoms with Crippen LogP contribution in [0.15, 0.2) is 60.5 Å². The second-order valence-corrected chi connectivity index (χ2v) is 4.34. The molecular formula is C18H14N2O3. The minimum atomic E-state index is -0.146. The Hall–Kier alpha value is -3.44. The van der Waals surface area contributed by atoms with Gasteiger partial charge in [0.2, 0.25) is 0 Å². The molecule has 2 rings (SSSR count). The first-order chi connectivity index (χ1) is 11.3. The van der Waals surface area contributed by atoms with E-state index in [9.17, 15) is 0 Å². The van der Waals surface area contributed by atoms with Crippen LogP contribution in [0, 0.1) is 22.7 Å². The van der Waals surface area contributed by atoms with E-state index in [2.05, 4.69) is 0 Å². The first-order valence-corrected chi connectivity index (χ1v) is 6.86. The van der Waals surface area contributed by atoms with E-state index in [-0.39, 0.29) is 19.2 Å². The molecule has 114 valence electrons. The van der Waals surface area contributed by atoms with Gasteiger partial charge in [0.1, 0.15) is 23.6 Å². The summed E-state index contributed by atoms with van der Waals surface area (Å²) in [5.74, 6) is 1.59. The third-order valence-electron chi connectivity index (χ3n) is 2.70. The van der Waals surface area contributed by atoms with Gasteiger partial charge in [0, 0.05) is 6.08 Å². The SMILES string of the molecule is N#CCOC(=Cc1ccc(Oc2ccccc2)cc1)OCC#N. The highest BCUT2D eigenvalue weighted by atomic mass is 16.7. The fourth-order valence-corrected chi connectivity index (χ4v) is 1.72. The van der Waals surface area contributed by atoms with Crippen LogP contribution in [-0.4, -0.2) is 13.2 Å². The number of rotatable bonds is 7. The van der Waals surface area contributed by atoms with Gasteiger partial charge in [0.15, 0.2) is 13.2 Å². The molecule has 0 aromatic heterocycles. The number of nitriles is 2. The van der Waals surface area contributed by atoms with Crippen LogP contribution in [0.2, 0.25) is 0 Å². The predicted octanol–water partition coefficient (Wildman–Crippen LogP) is 3.86. The molecule has 0 spiro atoms. The summed E-state index contributed by atoms with van der Waals surface area (Å²) < 4.78 is 15.9. The van der Waals surface area contributed by atoms with E-state index in [0.717, 1.165) is 11.3 Å². The standard InChI is InChI=1S/C18H14N2O3/c19-10-12-21-18(22-13-11-20)14-15-6-8-17(9-7-15)23-16-4-2-1-3-5-16/h1-9,14H,12-13H2. The molecule has 0 aliphatic rings. The Balaban J connectivity index is 2.06. The number of para-hydroxylation sites is 1. The van der Waals surface area contributed by atoms with Gasteiger partial charge in [0.25, 0.3) is 5.95 Å². The molecule has 0 bridgehead atoms. The van der Waals surface area contributed by atoms with Crippen molar-refractivity contribution in [3.63, 3.8) is 0 Å². The summed E-state index contributed by atoms with van der Waals surface area (Å²) in [5.41, 5.74) is 0.802. The average Bonchev–Trinajstić information content (AvgIpc) is 2.60. The summed E-state index contributed by atoms with van der Waals surface area (Å²) in [4.78, 5) is 0. The van der Waals surface area contributed by atoms with Crippen LogP contribution in [0.25, 0.3) is 6.08 Å². The van der Waals surface area contributed by atoms with Crippen LogP contribution >= 0.6 is 0 Å². The monoisotopic (exact) mass is 306 g/mol. The van der Waals surface area contributed by atoms with Gasteiger partial charge in [-0.25, -0.2) is 0 Å². The van der Waals surface area contributed by atoms with E-state index in [1.165, 1.54) is 0 Å². The van der Waals surface area contributed by atoms with Crippen molar-refractivity contribution in [2.24, 2.45) is 0 Å². The predicted molar refractivity (Wildman–Crippen MR) is 84.1 cm³/mol. The van der Waals surface area contributed by atoms with Crippen LogP contribution in [-0.2, 0) is 9.47 Å². The molecule has 0 N–H and O–H groups in total. The fraction of sp³-hybridized carbons (Fsp3) is 0.111. The Labute approximate surface area is 134 Å². The van der Waals surface area contributed by atoms with Crippen molar-refractivity contribution < 1.29 is 14.2 Å². The Morgan fingerprint density at radius 3 is 1.96 bits per heavy atom. The Morgan fingerprint density at radius 2 is 1.39 bits per heavy atom. The largest absolute Gasteiger partial charge is 0.457 e. The minimum absolute atomic E-state index is 0.129. The molecule has 0 saturated carbocycles. The van der Waals surface area contributed by atoms with Crippen molar-refractivity contribution in [3.05, 3.63) is 66.1 Å². The lowest BCUT2D eigenvalue weighted by Crippen LogP contribution is -1.99. The Morgan fingerprint density at radius 1 is 0.826 bits per heavy atom. The molecule has 5 nitrogen and oxygen atoms in total. The van der Waals surface area contributed by atoms with Crippen molar-refractivity contribution in [1.82, 2.24) is 0 Å². The molecule has 0 aliphatic carbocycles. The first-order valence-electron chi connectivity index (χ1n) is 6.86. The Bertz CT molecular complexity index is 706. The molecule has 0 fully saturated rings. The van der Waals surface area contributed by atoms with Crippen LogP contribution < -0.4 is 4.74 Å². The quantitative estimate of drug-likeness (QED) is 0.726. The van der Waals surface area contributed by atoms with Crippen LogP contribution in [0.4, 0.5) is 0 Å². The van der Waals surface area contributed by atoms with Crippen molar-refractivity contribution >= 4 is 6.08 Å². The van der Waals surface area contributed by atoms with E-state index < -0.39 is 0 Å². The highest BCUT2D eigenvalue weighted by Gasteiger charge is 2.02. The lowest BCUT2D eigenvalue weighted by molar-refractivity contribution is 0.0680. The summed E-state index contributed by atoms with van der Waals surface area (Å²) in [6, 6.07) is 20.4. The van der Waals surface area contributed by atoms with Crippen LogP contribution in [0.1, 0.15) is 5.56 Å². The van der Waals surface area contributed by atoms with E-state index >= 15 is 0 Å². The van der Waals surface area contributed by atoms with E-state index in [0.29, 0.717) is 5.75 Å². The van der Waals surface area contributed by atoms with Crippen molar-refractivity contribution in [1.29, 1.82) is 10.5 Å². The van der Waals surface area contributed by atoms with Crippen LogP contribution in [0.5, 0.6) is 11.5 Å². The second kappa shape index (κ2) is 8.76. The molecule has 23 heavy (non-hydrogen) atoms. The molecule has 0 saturated heterocycles. The van der Waals surface area contributed by atoms with E-state index in [4.69, 9.17) is 24.7 Å². The molecule has 0 atom stereocenters. The highest BCUT2D eigenvalue weighted by Crippen LogP contribution is 2.22. The lowest BCUT2D eigenvalue weighted by Gasteiger charge is -2.08. The molecule has 2 aromatic rings. The fourth-order valence-electron chi connectivity index (χ4n) is 1.72. The molecular weight excluding hydrogens is 292 g/mol. The highest BCUT2D eigenvalue weighted by molar-refractivity contribution is 5.51. The van der Waals surface area contributed by atoms with E-state index in [1.807, 2.05) is 66.7 Å². The zero-order valence-electron chi connectivity index (χ0n) is 12.3. The zero-order valence-corrected chi connectivity index (χ0v) is 12.3. The normalized spacial score (nSPS) is 9.13. The molecule has 0 heterocycles. The molecule has 5 heteroatoms. The maximum atomic E-state index is 8.54. The number of ether oxygens (including phenoxy) is 3. The second-order valence-electron chi connectivity index (χ2n) is 4.34. The maximum Gasteiger partial charge on any atom is 0.281 e. The average molecular weight is 306 g/mol. The van der Waals surface area contributed by atoms with Crippen molar-refractivity contribution in [2.75, 3.05) is 13.2 Å². The lowest BCUT2D eigenvalue weighted by atomic mass is 10.2. The number of nitrogens with zero attached hydrogens (tertiary/aromatic N) is 2. The maximum absolute atomic E-state index is 8.54. The number of hydrogen-bond acceptors (Lipinski definition) is 5. The van der Waals surface area contributed by atoms with Crippen molar-refractivity contribution in [3.8, 4) is 23.6 Å². The number of benzene rings is 2. The van der Waals surface area contributed by atoms with Gasteiger partial charge in [0.05, 0.1) is 0 Å². The molecule has 0 aliphatic heterocycles. The third-order valence-corrected chi connectivity index (χ3v) is 2.70. The minimum Gasteiger partial charge on any atom is -0.457 e. The number of hydrogen-bond donors (Lipinski definition) is 0. The van der Waals surface area contributed by atoms with Gasteiger partial charge < -0.3 is 14.2 Å². The van der Waals surface area contributed by atoms with Gasteiger partial charge in [-0.1, -0.05) is 30.3 Å². The van der Waals surface area contributed by atoms with Gasteiger partial charge in [-0.2, -0.15) is 10.5 Å². The van der Waals surface area contributed by atoms with Gasteiger partial charge in [-0.15, -0.1) is 0 Å². The summed E-state index contributed by atoms with van der Waals surface area (Å²) in [5, 5.41) is 17.1. The summed E-state index contributed by atoms with van der Waals surface area (Å²) >= 11 is 0. The molecule has 0 amide bonds. The third kappa shape index (κ3) is 5.45. The molecule has 2 aromatic carbocycles. The topological polar surface area (TPSA) is 75.3 Å². The summed E-state index contributed by atoms with van der Waals surface area (Å²) in [6.45, 7) is -0.293. The van der Waals surface area contributed by atoms with E-state index in [1.54, 1.807) is 6.08 Å². The van der Waals surface area contributed by atoms with Crippen molar-refractivity contribution in [2.45, 2.75) is 0 Å². The summed E-state index contributed by atoms with van der Waals surface area (Å²) in [6.07, 6.45) is 1.61. The van der Waals surface area contributed by atoms with Gasteiger partial charge >= 0.3 is 0 Å². The molecule has 0 unspecified atom stereocenters. The Kier molecular flexibility index (Phi) is 6.07. The van der Waals surface area contributed by atoms with Gasteiger partial charge in [-0.3, -0.25) is 0 Å².